The maximum absolute atomic E-state index is 13.3. The number of rotatable bonds is 4. The van der Waals surface area contributed by atoms with Crippen LogP contribution in [-0.2, 0) is 16.1 Å². The Balaban J connectivity index is 1.77. The van der Waals surface area contributed by atoms with E-state index >= 15 is 0 Å². The zero-order valence-corrected chi connectivity index (χ0v) is 16.2. The molecule has 1 fully saturated rings. The van der Waals surface area contributed by atoms with E-state index in [1.54, 1.807) is 36.6 Å². The van der Waals surface area contributed by atoms with Crippen molar-refractivity contribution in [2.75, 3.05) is 23.4 Å². The van der Waals surface area contributed by atoms with Gasteiger partial charge in [0.1, 0.15) is 36.5 Å². The van der Waals surface area contributed by atoms with Crippen LogP contribution in [-0.4, -0.2) is 40.8 Å². The Morgan fingerprint density at radius 3 is 2.80 bits per heavy atom. The van der Waals surface area contributed by atoms with Gasteiger partial charge in [0.25, 0.3) is 6.08 Å². The molecular weight excluding hydrogens is 400 g/mol. The summed E-state index contributed by atoms with van der Waals surface area (Å²) in [6.45, 7) is 3.54. The Morgan fingerprint density at radius 1 is 1.33 bits per heavy atom. The van der Waals surface area contributed by atoms with Crippen molar-refractivity contribution in [2.45, 2.75) is 26.4 Å². The Hall–Kier alpha value is -3.63. The fourth-order valence-electron chi connectivity index (χ4n) is 3.42. The number of cyclic esters (lactones) is 1. The number of primary amides is 1. The van der Waals surface area contributed by atoms with E-state index in [-0.39, 0.29) is 5.82 Å². The van der Waals surface area contributed by atoms with Crippen molar-refractivity contribution in [1.82, 2.24) is 9.55 Å². The molecule has 0 aliphatic carbocycles. The van der Waals surface area contributed by atoms with E-state index in [0.717, 1.165) is 4.90 Å². The minimum atomic E-state index is -1.99. The highest BCUT2D eigenvalue weighted by atomic mass is 19.3. The number of aromatic nitrogens is 2. The molecule has 3 heterocycles. The number of hydrogen-bond acceptors (Lipinski definition) is 6. The number of hydrogen-bond donors (Lipinski definition) is 2. The van der Waals surface area contributed by atoms with Crippen molar-refractivity contribution in [3.63, 3.8) is 0 Å². The van der Waals surface area contributed by atoms with Gasteiger partial charge in [0, 0.05) is 11.8 Å². The van der Waals surface area contributed by atoms with E-state index in [9.17, 15) is 18.4 Å². The molecule has 3 N–H and O–H groups in total. The van der Waals surface area contributed by atoms with Gasteiger partial charge in [0.15, 0.2) is 5.82 Å². The molecule has 0 bridgehead atoms. The van der Waals surface area contributed by atoms with Crippen molar-refractivity contribution in [1.29, 1.82) is 0 Å². The molecule has 30 heavy (non-hydrogen) atoms. The molecule has 9 nitrogen and oxygen atoms in total. The number of benzene rings is 1. The minimum Gasteiger partial charge on any atom is -0.491 e. The highest BCUT2D eigenvalue weighted by Gasteiger charge is 2.37. The normalized spacial score (nSPS) is 16.2. The first kappa shape index (κ1) is 19.7. The first-order valence-electron chi connectivity index (χ1n) is 9.19. The first-order chi connectivity index (χ1) is 14.3. The molecule has 0 radical (unpaired) electrons. The van der Waals surface area contributed by atoms with Gasteiger partial charge in [-0.15, -0.1) is 0 Å². The number of imidazole rings is 1. The summed E-state index contributed by atoms with van der Waals surface area (Å²) < 4.78 is 39.0. The van der Waals surface area contributed by atoms with Gasteiger partial charge < -0.3 is 25.1 Å². The third-order valence-electron chi connectivity index (χ3n) is 5.02. The van der Waals surface area contributed by atoms with Crippen LogP contribution >= 0.6 is 0 Å². The number of nitrogens with two attached hydrogens (primary N) is 1. The van der Waals surface area contributed by atoms with Crippen LogP contribution in [0.25, 0.3) is 11.4 Å². The fourth-order valence-corrected chi connectivity index (χ4v) is 3.42. The molecule has 2 amide bonds. The standard InChI is InChI=1S/C19H19F2N5O4/c1-9(16(22)27)23-11-3-4-12-14(7-11)29-6-5-25-10(2)17(24-18(12)25)26-13(15(20)21)8-30-19(26)28/h3-4,7,9,23H,5-6,8H2,1-2H3,(H2,22,27)/t9-/m0/s1. The molecule has 158 valence electrons. The summed E-state index contributed by atoms with van der Waals surface area (Å²) in [5.74, 6) is 0.571. The van der Waals surface area contributed by atoms with Gasteiger partial charge in [-0.25, -0.2) is 14.7 Å². The van der Waals surface area contributed by atoms with Crippen LogP contribution in [0.4, 0.5) is 25.1 Å². The molecule has 1 saturated heterocycles. The Bertz CT molecular complexity index is 1080. The topological polar surface area (TPSA) is 112 Å². The second-order valence-corrected chi connectivity index (χ2v) is 6.92. The summed E-state index contributed by atoms with van der Waals surface area (Å²) in [6.07, 6.45) is -2.89. The lowest BCUT2D eigenvalue weighted by molar-refractivity contribution is -0.118. The summed E-state index contributed by atoms with van der Waals surface area (Å²) in [5.41, 5.74) is 6.55. The SMILES string of the molecule is Cc1c(N2C(=O)OCC2=C(F)F)nc2n1CCOc1cc(N[C@@H](C)C(N)=O)ccc1-2. The van der Waals surface area contributed by atoms with Crippen molar-refractivity contribution >= 4 is 23.5 Å². The lowest BCUT2D eigenvalue weighted by Gasteiger charge is -2.14. The largest absolute Gasteiger partial charge is 0.491 e. The Labute approximate surface area is 170 Å². The number of anilines is 2. The molecule has 1 atom stereocenters. The Kier molecular flexibility index (Phi) is 4.80. The van der Waals surface area contributed by atoms with E-state index in [4.69, 9.17) is 15.2 Å². The predicted molar refractivity (Wildman–Crippen MR) is 103 cm³/mol. The third kappa shape index (κ3) is 3.21. The molecule has 11 heteroatoms. The first-order valence-corrected chi connectivity index (χ1v) is 9.19. The number of fused-ring (bicyclic) bond motifs is 3. The molecule has 2 aliphatic rings. The smallest absolute Gasteiger partial charge is 0.420 e. The summed E-state index contributed by atoms with van der Waals surface area (Å²) in [6, 6.07) is 4.61. The zero-order valence-electron chi connectivity index (χ0n) is 16.2. The molecule has 1 aromatic heterocycles. The predicted octanol–water partition coefficient (Wildman–Crippen LogP) is 2.60. The van der Waals surface area contributed by atoms with Gasteiger partial charge >= 0.3 is 6.09 Å². The maximum atomic E-state index is 13.3. The summed E-state index contributed by atoms with van der Waals surface area (Å²) in [4.78, 5) is 28.7. The van der Waals surface area contributed by atoms with Gasteiger partial charge in [0.05, 0.1) is 17.8 Å². The lowest BCUT2D eigenvalue weighted by Crippen LogP contribution is -2.32. The number of ether oxygens (including phenoxy) is 2. The van der Waals surface area contributed by atoms with Gasteiger partial charge in [-0.3, -0.25) is 4.79 Å². The molecular formula is C19H19F2N5O4. The van der Waals surface area contributed by atoms with Crippen LogP contribution in [0.3, 0.4) is 0 Å². The molecule has 2 aliphatic heterocycles. The second-order valence-electron chi connectivity index (χ2n) is 6.92. The molecule has 4 rings (SSSR count). The van der Waals surface area contributed by atoms with Gasteiger partial charge in [-0.2, -0.15) is 8.78 Å². The third-order valence-corrected chi connectivity index (χ3v) is 5.02. The Morgan fingerprint density at radius 2 is 2.10 bits per heavy atom. The molecule has 0 spiro atoms. The highest BCUT2D eigenvalue weighted by Crippen LogP contribution is 2.39. The van der Waals surface area contributed by atoms with Crippen LogP contribution < -0.4 is 20.7 Å². The summed E-state index contributed by atoms with van der Waals surface area (Å²) >= 11 is 0. The zero-order chi connectivity index (χ0) is 21.6. The average molecular weight is 419 g/mol. The van der Waals surface area contributed by atoms with Crippen molar-refractivity contribution in [2.24, 2.45) is 5.73 Å². The maximum Gasteiger partial charge on any atom is 0.420 e. The number of nitrogens with one attached hydrogen (secondary N) is 1. The van der Waals surface area contributed by atoms with Crippen LogP contribution in [0.15, 0.2) is 30.0 Å². The van der Waals surface area contributed by atoms with E-state index in [0.29, 0.717) is 41.7 Å². The van der Waals surface area contributed by atoms with Crippen molar-refractivity contribution < 1.29 is 27.8 Å². The number of carbonyl (C=O) groups is 2. The number of nitrogens with zero attached hydrogens (tertiary/aromatic N) is 3. The second kappa shape index (κ2) is 7.32. The monoisotopic (exact) mass is 419 g/mol. The quantitative estimate of drug-likeness (QED) is 0.788. The highest BCUT2D eigenvalue weighted by molar-refractivity contribution is 5.94. The minimum absolute atomic E-state index is 0.0905. The molecule has 2 aromatic rings. The van der Waals surface area contributed by atoms with Crippen LogP contribution in [0, 0.1) is 6.92 Å². The van der Waals surface area contributed by atoms with Gasteiger partial charge in [-0.05, 0) is 26.0 Å². The summed E-state index contributed by atoms with van der Waals surface area (Å²) in [7, 11) is 0. The van der Waals surface area contributed by atoms with E-state index < -0.39 is 36.4 Å². The summed E-state index contributed by atoms with van der Waals surface area (Å²) in [5, 5.41) is 2.98. The van der Waals surface area contributed by atoms with Crippen molar-refractivity contribution in [3.05, 3.63) is 35.7 Å². The van der Waals surface area contributed by atoms with Gasteiger partial charge in [0.2, 0.25) is 5.91 Å². The number of amides is 2. The molecule has 0 unspecified atom stereocenters. The van der Waals surface area contributed by atoms with Crippen LogP contribution in [0.5, 0.6) is 5.75 Å². The molecule has 0 saturated carbocycles. The van der Waals surface area contributed by atoms with E-state index in [2.05, 4.69) is 10.3 Å². The van der Waals surface area contributed by atoms with Crippen LogP contribution in [0.2, 0.25) is 0 Å². The lowest BCUT2D eigenvalue weighted by atomic mass is 10.1. The number of carbonyl (C=O) groups excluding carboxylic acids is 2. The van der Waals surface area contributed by atoms with Crippen molar-refractivity contribution in [3.8, 4) is 17.1 Å². The van der Waals surface area contributed by atoms with Crippen LogP contribution in [0.1, 0.15) is 12.6 Å². The number of halogens is 2. The van der Waals surface area contributed by atoms with Gasteiger partial charge in [-0.1, -0.05) is 0 Å². The molecule has 1 aromatic carbocycles. The van der Waals surface area contributed by atoms with E-state index in [1.165, 1.54) is 0 Å². The average Bonchev–Trinajstić information content (AvgIpc) is 3.16. The fraction of sp³-hybridized carbons (Fsp3) is 0.316. The van der Waals surface area contributed by atoms with E-state index in [1.807, 2.05) is 0 Å².